The van der Waals surface area contributed by atoms with Gasteiger partial charge in [0.05, 0.1) is 6.10 Å². The van der Waals surface area contributed by atoms with Crippen LogP contribution in [-0.4, -0.2) is 24.1 Å². The van der Waals surface area contributed by atoms with Gasteiger partial charge in [-0.3, -0.25) is 4.90 Å². The second kappa shape index (κ2) is 8.24. The van der Waals surface area contributed by atoms with Gasteiger partial charge in [0.2, 0.25) is 0 Å². The summed E-state index contributed by atoms with van der Waals surface area (Å²) >= 11 is 0. The monoisotopic (exact) mass is 423 g/mol. The quantitative estimate of drug-likeness (QED) is 0.459. The van der Waals surface area contributed by atoms with Crippen molar-refractivity contribution in [3.63, 3.8) is 0 Å². The second-order valence-electron chi connectivity index (χ2n) is 11.7. The van der Waals surface area contributed by atoms with Gasteiger partial charge in [-0.1, -0.05) is 39.8 Å². The molecule has 0 bridgehead atoms. The average Bonchev–Trinajstić information content (AvgIpc) is 3.45. The summed E-state index contributed by atoms with van der Waals surface area (Å²) in [5.74, 6) is 1.40. The van der Waals surface area contributed by atoms with Crippen molar-refractivity contribution in [3.8, 4) is 16.9 Å². The fraction of sp³-hybridized carbons (Fsp3) is 0.571. The van der Waals surface area contributed by atoms with Crippen molar-refractivity contribution in [2.75, 3.05) is 13.1 Å². The number of rotatable bonds is 7. The van der Waals surface area contributed by atoms with Crippen LogP contribution in [0.5, 0.6) is 5.75 Å². The summed E-state index contributed by atoms with van der Waals surface area (Å²) in [6.45, 7) is 16.8. The van der Waals surface area contributed by atoms with Gasteiger partial charge in [-0.15, -0.1) is 0 Å². The first-order chi connectivity index (χ1) is 14.5. The number of benzene rings is 2. The molecule has 0 radical (unpaired) electrons. The van der Waals surface area contributed by atoms with E-state index in [0.717, 1.165) is 30.9 Å². The third-order valence-electron chi connectivity index (χ3n) is 6.33. The topological polar surface area (TPSA) is 12.5 Å². The Morgan fingerprint density at radius 3 is 2.29 bits per heavy atom. The van der Waals surface area contributed by atoms with Crippen LogP contribution in [0.2, 0.25) is 0 Å². The molecular weight excluding hydrogens is 385 g/mol. The maximum absolute atomic E-state index is 13.5. The molecule has 2 nitrogen and oxygen atoms in total. The van der Waals surface area contributed by atoms with Gasteiger partial charge >= 0.3 is 0 Å². The fourth-order valence-electron chi connectivity index (χ4n) is 5.52. The van der Waals surface area contributed by atoms with E-state index in [2.05, 4.69) is 58.6 Å². The number of hydrogen-bond acceptors (Lipinski definition) is 2. The van der Waals surface area contributed by atoms with Crippen LogP contribution in [0.1, 0.15) is 77.8 Å². The average molecular weight is 424 g/mol. The highest BCUT2D eigenvalue weighted by atomic mass is 19.1. The van der Waals surface area contributed by atoms with E-state index in [0.29, 0.717) is 16.7 Å². The van der Waals surface area contributed by atoms with E-state index in [4.69, 9.17) is 4.74 Å². The molecule has 1 aliphatic heterocycles. The first-order valence-corrected chi connectivity index (χ1v) is 11.8. The predicted octanol–water partition coefficient (Wildman–Crippen LogP) is 7.42. The van der Waals surface area contributed by atoms with Crippen molar-refractivity contribution >= 4 is 0 Å². The number of nitrogens with zero attached hydrogens (tertiary/aromatic N) is 1. The van der Waals surface area contributed by atoms with E-state index in [1.165, 1.54) is 36.0 Å². The standard InChI is InChI=1S/C28H38FNO/c1-19(2)31-26-14-25(21-9-11-23(29)12-10-21)24(20-7-8-20)13-22(26)15-30-17-28(6,18-30)16-27(3,4)5/h9-14,19-20H,7-8,15-18H2,1-6H3. The largest absolute Gasteiger partial charge is 0.491 e. The Hall–Kier alpha value is -1.87. The van der Waals surface area contributed by atoms with Crippen LogP contribution in [0.15, 0.2) is 36.4 Å². The molecule has 0 atom stereocenters. The highest BCUT2D eigenvalue weighted by Gasteiger charge is 2.41. The van der Waals surface area contributed by atoms with Crippen molar-refractivity contribution in [2.24, 2.45) is 10.8 Å². The zero-order valence-electron chi connectivity index (χ0n) is 20.1. The molecule has 1 heterocycles. The molecule has 4 rings (SSSR count). The van der Waals surface area contributed by atoms with E-state index < -0.39 is 0 Å². The minimum absolute atomic E-state index is 0.120. The molecule has 1 saturated carbocycles. The fourth-order valence-corrected chi connectivity index (χ4v) is 5.52. The van der Waals surface area contributed by atoms with Crippen molar-refractivity contribution < 1.29 is 9.13 Å². The minimum Gasteiger partial charge on any atom is -0.491 e. The summed E-state index contributed by atoms with van der Waals surface area (Å²) in [7, 11) is 0. The third kappa shape index (κ3) is 5.49. The van der Waals surface area contributed by atoms with Crippen LogP contribution in [0, 0.1) is 16.6 Å². The Kier molecular flexibility index (Phi) is 5.93. The van der Waals surface area contributed by atoms with Crippen LogP contribution in [0.3, 0.4) is 0 Å². The van der Waals surface area contributed by atoms with Crippen LogP contribution < -0.4 is 4.74 Å². The van der Waals surface area contributed by atoms with Gasteiger partial charge < -0.3 is 4.74 Å². The molecule has 0 unspecified atom stereocenters. The summed E-state index contributed by atoms with van der Waals surface area (Å²) in [6, 6.07) is 11.5. The maximum Gasteiger partial charge on any atom is 0.124 e. The first kappa shape index (κ1) is 22.3. The molecule has 0 N–H and O–H groups in total. The van der Waals surface area contributed by atoms with Gasteiger partial charge in [-0.05, 0) is 90.8 Å². The summed E-state index contributed by atoms with van der Waals surface area (Å²) in [4.78, 5) is 2.56. The lowest BCUT2D eigenvalue weighted by Gasteiger charge is -2.51. The van der Waals surface area contributed by atoms with Crippen LogP contribution >= 0.6 is 0 Å². The summed E-state index contributed by atoms with van der Waals surface area (Å²) < 4.78 is 19.8. The van der Waals surface area contributed by atoms with Gasteiger partial charge in [0, 0.05) is 25.2 Å². The lowest BCUT2D eigenvalue weighted by molar-refractivity contribution is -0.0205. The van der Waals surface area contributed by atoms with Gasteiger partial charge in [-0.2, -0.15) is 0 Å². The van der Waals surface area contributed by atoms with Crippen LogP contribution in [-0.2, 0) is 6.54 Å². The molecule has 1 aliphatic carbocycles. The molecule has 168 valence electrons. The van der Waals surface area contributed by atoms with E-state index in [1.54, 1.807) is 12.1 Å². The SMILES string of the molecule is CC(C)Oc1cc(-c2ccc(F)cc2)c(C2CC2)cc1CN1CC(C)(CC(C)(C)C)C1. The zero-order chi connectivity index (χ0) is 22.4. The van der Waals surface area contributed by atoms with E-state index >= 15 is 0 Å². The molecule has 2 aromatic carbocycles. The zero-order valence-corrected chi connectivity index (χ0v) is 20.1. The molecule has 0 amide bonds. The number of halogens is 1. The number of ether oxygens (including phenoxy) is 1. The molecule has 2 fully saturated rings. The molecule has 31 heavy (non-hydrogen) atoms. The highest BCUT2D eigenvalue weighted by Crippen LogP contribution is 2.47. The molecule has 1 saturated heterocycles. The molecule has 0 spiro atoms. The van der Waals surface area contributed by atoms with Crippen LogP contribution in [0.25, 0.3) is 11.1 Å². The van der Waals surface area contributed by atoms with Gasteiger partial charge in [-0.25, -0.2) is 4.39 Å². The Balaban J connectivity index is 1.61. The molecular formula is C28H38FNO. The van der Waals surface area contributed by atoms with E-state index in [1.807, 2.05) is 12.1 Å². The summed E-state index contributed by atoms with van der Waals surface area (Å²) in [6.07, 6.45) is 3.86. The van der Waals surface area contributed by atoms with Crippen molar-refractivity contribution in [3.05, 3.63) is 53.3 Å². The molecule has 2 aliphatic rings. The van der Waals surface area contributed by atoms with Crippen molar-refractivity contribution in [2.45, 2.75) is 79.4 Å². The Morgan fingerprint density at radius 2 is 1.74 bits per heavy atom. The normalized spacial score (nSPS) is 18.8. The Morgan fingerprint density at radius 1 is 1.10 bits per heavy atom. The first-order valence-electron chi connectivity index (χ1n) is 11.8. The van der Waals surface area contributed by atoms with Crippen molar-refractivity contribution in [1.82, 2.24) is 4.90 Å². The van der Waals surface area contributed by atoms with Gasteiger partial charge in [0.1, 0.15) is 11.6 Å². The lowest BCUT2D eigenvalue weighted by atomic mass is 9.70. The van der Waals surface area contributed by atoms with Crippen LogP contribution in [0.4, 0.5) is 4.39 Å². The second-order valence-corrected chi connectivity index (χ2v) is 11.7. The Bertz CT molecular complexity index is 915. The minimum atomic E-state index is -0.192. The van der Waals surface area contributed by atoms with Gasteiger partial charge in [0.15, 0.2) is 0 Å². The van der Waals surface area contributed by atoms with Gasteiger partial charge in [0.25, 0.3) is 0 Å². The summed E-state index contributed by atoms with van der Waals surface area (Å²) in [5, 5.41) is 0. The summed E-state index contributed by atoms with van der Waals surface area (Å²) in [5.41, 5.74) is 5.73. The Labute approximate surface area is 187 Å². The lowest BCUT2D eigenvalue weighted by Crippen LogP contribution is -2.55. The van der Waals surface area contributed by atoms with E-state index in [-0.39, 0.29) is 11.9 Å². The smallest absolute Gasteiger partial charge is 0.124 e. The number of likely N-dealkylation sites (tertiary alicyclic amines) is 1. The van der Waals surface area contributed by atoms with E-state index in [9.17, 15) is 4.39 Å². The maximum atomic E-state index is 13.5. The third-order valence-corrected chi connectivity index (χ3v) is 6.33. The number of hydrogen-bond donors (Lipinski definition) is 0. The molecule has 3 heteroatoms. The predicted molar refractivity (Wildman–Crippen MR) is 127 cm³/mol. The van der Waals surface area contributed by atoms with Crippen molar-refractivity contribution in [1.29, 1.82) is 0 Å². The molecule has 0 aromatic heterocycles. The highest BCUT2D eigenvalue weighted by molar-refractivity contribution is 5.71. The molecule has 2 aromatic rings.